The molecule has 156 valence electrons. The van der Waals surface area contributed by atoms with Gasteiger partial charge in [0, 0.05) is 28.4 Å². The van der Waals surface area contributed by atoms with Crippen LogP contribution in [0.15, 0.2) is 42.5 Å². The highest BCUT2D eigenvalue weighted by Gasteiger charge is 2.22. The number of hydrogen-bond donors (Lipinski definition) is 1. The molecule has 0 amide bonds. The molecule has 0 aliphatic rings. The van der Waals surface area contributed by atoms with E-state index in [4.69, 9.17) is 15.2 Å². The minimum Gasteiger partial charge on any atom is -0.493 e. The lowest BCUT2D eigenvalue weighted by atomic mass is 9.85. The fourth-order valence-corrected chi connectivity index (χ4v) is 2.87. The fraction of sp³-hybridized carbons (Fsp3) is 0.400. The van der Waals surface area contributed by atoms with Gasteiger partial charge in [0.05, 0.1) is 13.2 Å². The van der Waals surface area contributed by atoms with Gasteiger partial charge in [-0.15, -0.1) is 0 Å². The number of carbonyl (C=O) groups excluding carboxylic acids is 1. The molecule has 0 heterocycles. The van der Waals surface area contributed by atoms with Crippen molar-refractivity contribution < 1.29 is 14.3 Å². The van der Waals surface area contributed by atoms with Gasteiger partial charge in [0.25, 0.3) is 0 Å². The molecule has 2 aromatic carbocycles. The maximum atomic E-state index is 12.6. The lowest BCUT2D eigenvalue weighted by Crippen LogP contribution is -2.15. The Labute approximate surface area is 174 Å². The van der Waals surface area contributed by atoms with E-state index in [0.29, 0.717) is 24.5 Å². The zero-order valence-corrected chi connectivity index (χ0v) is 18.2. The number of rotatable bonds is 9. The second kappa shape index (κ2) is 10.1. The number of nitrogen functional groups attached to an aromatic ring is 1. The van der Waals surface area contributed by atoms with Gasteiger partial charge >= 0.3 is 0 Å². The summed E-state index contributed by atoms with van der Waals surface area (Å²) in [5, 5.41) is 0. The molecule has 0 atom stereocenters. The van der Waals surface area contributed by atoms with Crippen molar-refractivity contribution in [2.24, 2.45) is 0 Å². The second-order valence-electron chi connectivity index (χ2n) is 8.15. The highest BCUT2D eigenvalue weighted by atomic mass is 16.5. The number of anilines is 1. The summed E-state index contributed by atoms with van der Waals surface area (Å²) in [6.45, 7) is 11.9. The van der Waals surface area contributed by atoms with Gasteiger partial charge in [-0.25, -0.2) is 0 Å². The summed E-state index contributed by atoms with van der Waals surface area (Å²) >= 11 is 0. The van der Waals surface area contributed by atoms with E-state index in [2.05, 4.69) is 40.7 Å². The van der Waals surface area contributed by atoms with Crippen molar-refractivity contribution in [2.75, 3.05) is 18.9 Å². The molecule has 4 heteroatoms. The second-order valence-corrected chi connectivity index (χ2v) is 8.15. The highest BCUT2D eigenvalue weighted by molar-refractivity contribution is 6.07. The molecule has 0 saturated carbocycles. The largest absolute Gasteiger partial charge is 0.493 e. The molecule has 0 bridgehead atoms. The number of hydrogen-bond acceptors (Lipinski definition) is 4. The number of allylic oxidation sites excluding steroid dienone is 1. The Morgan fingerprint density at radius 1 is 0.966 bits per heavy atom. The first-order valence-electron chi connectivity index (χ1n) is 10.3. The first kappa shape index (κ1) is 22.5. The summed E-state index contributed by atoms with van der Waals surface area (Å²) in [5.74, 6) is 1.50. The van der Waals surface area contributed by atoms with Crippen LogP contribution in [-0.4, -0.2) is 19.0 Å². The molecule has 2 rings (SSSR count). The molecule has 0 aromatic heterocycles. The lowest BCUT2D eigenvalue weighted by molar-refractivity contribution is 0.104. The Morgan fingerprint density at radius 3 is 2.10 bits per heavy atom. The zero-order valence-electron chi connectivity index (χ0n) is 18.2. The first-order valence-corrected chi connectivity index (χ1v) is 10.3. The van der Waals surface area contributed by atoms with Crippen LogP contribution in [0.3, 0.4) is 0 Å². The summed E-state index contributed by atoms with van der Waals surface area (Å²) in [4.78, 5) is 12.6. The summed E-state index contributed by atoms with van der Waals surface area (Å²) in [7, 11) is 0. The van der Waals surface area contributed by atoms with E-state index >= 15 is 0 Å². The Balaban J connectivity index is 2.43. The molecule has 0 aliphatic carbocycles. The number of benzene rings is 2. The maximum Gasteiger partial charge on any atom is 0.185 e. The predicted octanol–water partition coefficient (Wildman–Crippen LogP) is 6.04. The molecule has 0 radical (unpaired) electrons. The molecule has 0 saturated heterocycles. The molecule has 0 aliphatic heterocycles. The van der Waals surface area contributed by atoms with Gasteiger partial charge in [0.2, 0.25) is 0 Å². The quantitative estimate of drug-likeness (QED) is 0.319. The van der Waals surface area contributed by atoms with Gasteiger partial charge < -0.3 is 15.2 Å². The van der Waals surface area contributed by atoms with Crippen LogP contribution in [0.25, 0.3) is 6.08 Å². The molecule has 0 spiro atoms. The molecular formula is C25H33NO3. The topological polar surface area (TPSA) is 61.5 Å². The SMILES string of the molecule is CCCOc1cc(OCCC)c(C(C)(C)C)cc1C=CC(=O)c1ccc(N)cc1. The van der Waals surface area contributed by atoms with Crippen molar-refractivity contribution in [2.45, 2.75) is 52.9 Å². The number of ketones is 1. The van der Waals surface area contributed by atoms with Gasteiger partial charge in [-0.3, -0.25) is 4.79 Å². The van der Waals surface area contributed by atoms with Crippen LogP contribution < -0.4 is 15.2 Å². The minimum atomic E-state index is -0.101. The number of nitrogens with two attached hydrogens (primary N) is 1. The highest BCUT2D eigenvalue weighted by Crippen LogP contribution is 2.37. The average Bonchev–Trinajstić information content (AvgIpc) is 2.68. The van der Waals surface area contributed by atoms with Crippen LogP contribution >= 0.6 is 0 Å². The molecule has 4 nitrogen and oxygen atoms in total. The van der Waals surface area contributed by atoms with Crippen molar-refractivity contribution in [3.63, 3.8) is 0 Å². The predicted molar refractivity (Wildman–Crippen MR) is 121 cm³/mol. The Hall–Kier alpha value is -2.75. The molecule has 29 heavy (non-hydrogen) atoms. The van der Waals surface area contributed by atoms with E-state index in [1.807, 2.05) is 12.1 Å². The molecular weight excluding hydrogens is 362 g/mol. The number of carbonyl (C=O) groups is 1. The Bertz CT molecular complexity index is 846. The molecule has 2 N–H and O–H groups in total. The third kappa shape index (κ3) is 6.38. The van der Waals surface area contributed by atoms with E-state index in [1.165, 1.54) is 0 Å². The summed E-state index contributed by atoms with van der Waals surface area (Å²) in [6, 6.07) is 11.0. The van der Waals surface area contributed by atoms with Crippen LogP contribution in [0.5, 0.6) is 11.5 Å². The molecule has 0 fully saturated rings. The Kier molecular flexibility index (Phi) is 7.89. The van der Waals surface area contributed by atoms with Crippen molar-refractivity contribution in [1.29, 1.82) is 0 Å². The van der Waals surface area contributed by atoms with Crippen LogP contribution in [-0.2, 0) is 5.41 Å². The Morgan fingerprint density at radius 2 is 1.55 bits per heavy atom. The minimum absolute atomic E-state index is 0.0740. The van der Waals surface area contributed by atoms with Crippen LogP contribution in [0.2, 0.25) is 0 Å². The maximum absolute atomic E-state index is 12.6. The standard InChI is InChI=1S/C25H33NO3/c1-6-14-28-23-17-24(29-15-7-2)21(25(3,4)5)16-19(23)10-13-22(27)18-8-11-20(26)12-9-18/h8-13,16-17H,6-7,14-15,26H2,1-5H3. The summed E-state index contributed by atoms with van der Waals surface area (Å²) in [6.07, 6.45) is 5.24. The van der Waals surface area contributed by atoms with E-state index < -0.39 is 0 Å². The normalized spacial score (nSPS) is 11.6. The monoisotopic (exact) mass is 395 g/mol. The van der Waals surface area contributed by atoms with Gasteiger partial charge in [0.1, 0.15) is 11.5 Å². The summed E-state index contributed by atoms with van der Waals surface area (Å²) < 4.78 is 12.0. The van der Waals surface area contributed by atoms with E-state index in [9.17, 15) is 4.79 Å². The van der Waals surface area contributed by atoms with Crippen LogP contribution in [0, 0.1) is 0 Å². The van der Waals surface area contributed by atoms with Gasteiger partial charge in [0.15, 0.2) is 5.78 Å². The molecule has 2 aromatic rings. The molecule has 0 unspecified atom stereocenters. The van der Waals surface area contributed by atoms with Crippen LogP contribution in [0.4, 0.5) is 5.69 Å². The average molecular weight is 396 g/mol. The van der Waals surface area contributed by atoms with Gasteiger partial charge in [-0.1, -0.05) is 34.6 Å². The summed E-state index contributed by atoms with van der Waals surface area (Å²) in [5.41, 5.74) is 8.81. The zero-order chi connectivity index (χ0) is 21.4. The van der Waals surface area contributed by atoms with Crippen LogP contribution in [0.1, 0.15) is 68.9 Å². The van der Waals surface area contributed by atoms with Crippen molar-refractivity contribution in [3.05, 3.63) is 59.2 Å². The lowest BCUT2D eigenvalue weighted by Gasteiger charge is -2.25. The van der Waals surface area contributed by atoms with Gasteiger partial charge in [-0.05, 0) is 60.7 Å². The fourth-order valence-electron chi connectivity index (χ4n) is 2.87. The third-order valence-corrected chi connectivity index (χ3v) is 4.45. The van der Waals surface area contributed by atoms with E-state index in [-0.39, 0.29) is 11.2 Å². The van der Waals surface area contributed by atoms with Gasteiger partial charge in [-0.2, -0.15) is 0 Å². The number of ether oxygens (including phenoxy) is 2. The smallest absolute Gasteiger partial charge is 0.185 e. The van der Waals surface area contributed by atoms with E-state index in [1.54, 1.807) is 30.3 Å². The third-order valence-electron chi connectivity index (χ3n) is 4.45. The van der Waals surface area contributed by atoms with Crippen molar-refractivity contribution >= 4 is 17.5 Å². The van der Waals surface area contributed by atoms with Crippen molar-refractivity contribution in [3.8, 4) is 11.5 Å². The van der Waals surface area contributed by atoms with Crippen molar-refractivity contribution in [1.82, 2.24) is 0 Å². The first-order chi connectivity index (χ1) is 13.8. The van der Waals surface area contributed by atoms with E-state index in [0.717, 1.165) is 35.5 Å².